The Hall–Kier alpha value is -2.73. The van der Waals surface area contributed by atoms with E-state index >= 15 is 0 Å². The van der Waals surface area contributed by atoms with Gasteiger partial charge in [-0.15, -0.1) is 0 Å². The van der Waals surface area contributed by atoms with Gasteiger partial charge in [-0.25, -0.2) is 0 Å². The summed E-state index contributed by atoms with van der Waals surface area (Å²) in [5.41, 5.74) is 4.69. The molecule has 1 aromatic heterocycles. The molecule has 3 atom stereocenters. The Bertz CT molecular complexity index is 981. The predicted molar refractivity (Wildman–Crippen MR) is 98.7 cm³/mol. The molecule has 0 radical (unpaired) electrons. The predicted octanol–water partition coefficient (Wildman–Crippen LogP) is 2.30. The zero-order valence-corrected chi connectivity index (χ0v) is 14.6. The van der Waals surface area contributed by atoms with E-state index in [-0.39, 0.29) is 11.9 Å². The van der Waals surface area contributed by atoms with E-state index in [0.717, 1.165) is 30.7 Å². The number of carbonyl (C=O) groups excluding carboxylic acids is 1. The first-order chi connectivity index (χ1) is 12.7. The number of nitrogens with zero attached hydrogens (tertiary/aromatic N) is 3. The molecule has 0 aliphatic carbocycles. The fourth-order valence-electron chi connectivity index (χ4n) is 4.59. The first-order valence-electron chi connectivity index (χ1n) is 9.10. The maximum atomic E-state index is 13.4. The van der Waals surface area contributed by atoms with Crippen LogP contribution in [0.2, 0.25) is 0 Å². The summed E-state index contributed by atoms with van der Waals surface area (Å²) < 4.78 is 0. The van der Waals surface area contributed by atoms with Gasteiger partial charge in [0.25, 0.3) is 5.91 Å². The highest BCUT2D eigenvalue weighted by Crippen LogP contribution is 2.44. The number of carbonyl (C=O) groups is 1. The second kappa shape index (κ2) is 5.92. The molecule has 0 bridgehead atoms. The summed E-state index contributed by atoms with van der Waals surface area (Å²) in [5.74, 6) is 1.06. The molecule has 0 spiro atoms. The van der Waals surface area contributed by atoms with E-state index in [2.05, 4.69) is 56.8 Å². The number of aromatic amines is 1. The smallest absolute Gasteiger partial charge is 0.254 e. The van der Waals surface area contributed by atoms with Gasteiger partial charge in [0.15, 0.2) is 0 Å². The van der Waals surface area contributed by atoms with Crippen molar-refractivity contribution in [1.29, 1.82) is 0 Å². The lowest BCUT2D eigenvalue weighted by Crippen LogP contribution is -2.35. The van der Waals surface area contributed by atoms with E-state index in [1.165, 1.54) is 11.1 Å². The van der Waals surface area contributed by atoms with Crippen molar-refractivity contribution in [2.75, 3.05) is 19.6 Å². The zero-order chi connectivity index (χ0) is 17.7. The summed E-state index contributed by atoms with van der Waals surface area (Å²) in [6.45, 7) is 4.89. The third-order valence-corrected chi connectivity index (χ3v) is 5.90. The number of likely N-dealkylation sites (tertiary alicyclic amines) is 1. The number of aryl methyl sites for hydroxylation is 1. The quantitative estimate of drug-likeness (QED) is 0.746. The average Bonchev–Trinajstić information content (AvgIpc) is 3.36. The fraction of sp³-hybridized carbons (Fsp3) is 0.350. The number of hydrogen-bond acceptors (Lipinski definition) is 4. The van der Waals surface area contributed by atoms with Gasteiger partial charge in [-0.3, -0.25) is 4.79 Å². The van der Waals surface area contributed by atoms with Crippen molar-refractivity contribution in [1.82, 2.24) is 25.6 Å². The molecule has 1 amide bonds. The van der Waals surface area contributed by atoms with Crippen LogP contribution >= 0.6 is 0 Å². The van der Waals surface area contributed by atoms with Crippen LogP contribution in [0.1, 0.15) is 27.5 Å². The zero-order valence-electron chi connectivity index (χ0n) is 14.6. The van der Waals surface area contributed by atoms with E-state index < -0.39 is 0 Å². The second-order valence-corrected chi connectivity index (χ2v) is 7.37. The van der Waals surface area contributed by atoms with Crippen molar-refractivity contribution in [2.45, 2.75) is 13.0 Å². The van der Waals surface area contributed by atoms with Crippen LogP contribution in [0.3, 0.4) is 0 Å². The molecule has 2 saturated heterocycles. The molecule has 6 nitrogen and oxygen atoms in total. The Morgan fingerprint density at radius 2 is 1.96 bits per heavy atom. The lowest BCUT2D eigenvalue weighted by Gasteiger charge is -2.29. The van der Waals surface area contributed by atoms with Crippen LogP contribution in [-0.2, 0) is 0 Å². The number of H-pyrrole nitrogens is 1. The summed E-state index contributed by atoms with van der Waals surface area (Å²) in [6.07, 6.45) is 0. The molecule has 2 aromatic carbocycles. The number of hydrogen-bond donors (Lipinski definition) is 2. The van der Waals surface area contributed by atoms with Crippen molar-refractivity contribution < 1.29 is 4.79 Å². The maximum Gasteiger partial charge on any atom is 0.254 e. The summed E-state index contributed by atoms with van der Waals surface area (Å²) in [4.78, 5) is 15.5. The van der Waals surface area contributed by atoms with Crippen molar-refractivity contribution >= 4 is 16.9 Å². The minimum Gasteiger partial charge on any atom is -0.331 e. The Morgan fingerprint density at radius 1 is 1.12 bits per heavy atom. The van der Waals surface area contributed by atoms with Crippen LogP contribution in [0.4, 0.5) is 0 Å². The van der Waals surface area contributed by atoms with Gasteiger partial charge in [0.2, 0.25) is 0 Å². The highest BCUT2D eigenvalue weighted by atomic mass is 16.2. The van der Waals surface area contributed by atoms with Crippen molar-refractivity contribution in [2.24, 2.45) is 11.8 Å². The lowest BCUT2D eigenvalue weighted by atomic mass is 9.87. The summed E-state index contributed by atoms with van der Waals surface area (Å²) >= 11 is 0. The minimum atomic E-state index is 0.0811. The maximum absolute atomic E-state index is 13.4. The number of aromatic nitrogens is 3. The monoisotopic (exact) mass is 347 g/mol. The van der Waals surface area contributed by atoms with Crippen LogP contribution < -0.4 is 5.32 Å². The Labute approximate surface area is 151 Å². The molecular formula is C20H21N5O. The highest BCUT2D eigenvalue weighted by Gasteiger charge is 2.47. The fourth-order valence-corrected chi connectivity index (χ4v) is 4.59. The van der Waals surface area contributed by atoms with E-state index in [4.69, 9.17) is 0 Å². The average molecular weight is 347 g/mol. The van der Waals surface area contributed by atoms with Crippen molar-refractivity contribution in [3.05, 3.63) is 59.2 Å². The Kier molecular flexibility index (Phi) is 3.53. The van der Waals surface area contributed by atoms with Gasteiger partial charge in [-0.1, -0.05) is 24.3 Å². The minimum absolute atomic E-state index is 0.0811. The first-order valence-corrected chi connectivity index (χ1v) is 9.10. The van der Waals surface area contributed by atoms with Crippen LogP contribution in [0, 0.1) is 18.8 Å². The SMILES string of the molecule is Cc1ccccc1[C@@H]1[C@H]2CNC[C@H]2CN1C(=O)c1ccc2n[nH]nc2c1. The van der Waals surface area contributed by atoms with Gasteiger partial charge in [0.1, 0.15) is 11.0 Å². The number of fused-ring (bicyclic) bond motifs is 2. The highest BCUT2D eigenvalue weighted by molar-refractivity contribution is 5.97. The molecule has 2 N–H and O–H groups in total. The van der Waals surface area contributed by atoms with Gasteiger partial charge < -0.3 is 10.2 Å². The summed E-state index contributed by atoms with van der Waals surface area (Å²) in [7, 11) is 0. The van der Waals surface area contributed by atoms with Crippen molar-refractivity contribution in [3.8, 4) is 0 Å². The number of benzene rings is 2. The first kappa shape index (κ1) is 15.5. The van der Waals surface area contributed by atoms with Crippen LogP contribution in [0.5, 0.6) is 0 Å². The molecule has 2 aliphatic heterocycles. The van der Waals surface area contributed by atoms with Gasteiger partial charge in [0, 0.05) is 31.1 Å². The molecular weight excluding hydrogens is 326 g/mol. The third kappa shape index (κ3) is 2.33. The normalized spacial score (nSPS) is 25.0. The largest absolute Gasteiger partial charge is 0.331 e. The van der Waals surface area contributed by atoms with Crippen LogP contribution in [-0.4, -0.2) is 45.9 Å². The van der Waals surface area contributed by atoms with Gasteiger partial charge in [-0.05, 0) is 42.2 Å². The molecule has 26 heavy (non-hydrogen) atoms. The molecule has 3 aromatic rings. The molecule has 5 rings (SSSR count). The molecule has 0 saturated carbocycles. The molecule has 0 unspecified atom stereocenters. The topological polar surface area (TPSA) is 73.9 Å². The van der Waals surface area contributed by atoms with E-state index in [1.807, 2.05) is 18.2 Å². The standard InChI is InChI=1S/C20H21N5O/c1-12-4-2-3-5-15(12)19-16-10-21-9-14(16)11-25(19)20(26)13-6-7-17-18(8-13)23-24-22-17/h2-8,14,16,19,21H,9-11H2,1H3,(H,22,23,24)/t14-,16-,19+/m0/s1. The van der Waals surface area contributed by atoms with E-state index in [0.29, 0.717) is 17.4 Å². The second-order valence-electron chi connectivity index (χ2n) is 7.37. The molecule has 6 heteroatoms. The lowest BCUT2D eigenvalue weighted by molar-refractivity contribution is 0.0714. The number of amides is 1. The van der Waals surface area contributed by atoms with Gasteiger partial charge in [0.05, 0.1) is 6.04 Å². The Balaban J connectivity index is 1.55. The summed E-state index contributed by atoms with van der Waals surface area (Å²) in [5, 5.41) is 14.3. The van der Waals surface area contributed by atoms with E-state index in [1.54, 1.807) is 0 Å². The number of rotatable bonds is 2. The van der Waals surface area contributed by atoms with Gasteiger partial charge in [-0.2, -0.15) is 15.4 Å². The Morgan fingerprint density at radius 3 is 2.85 bits per heavy atom. The molecule has 132 valence electrons. The van der Waals surface area contributed by atoms with Gasteiger partial charge >= 0.3 is 0 Å². The number of nitrogens with one attached hydrogen (secondary N) is 2. The van der Waals surface area contributed by atoms with E-state index in [9.17, 15) is 4.79 Å². The molecule has 2 aliphatic rings. The molecule has 2 fully saturated rings. The summed E-state index contributed by atoms with van der Waals surface area (Å²) in [6, 6.07) is 14.1. The van der Waals surface area contributed by atoms with Crippen molar-refractivity contribution in [3.63, 3.8) is 0 Å². The van der Waals surface area contributed by atoms with Crippen LogP contribution in [0.15, 0.2) is 42.5 Å². The van der Waals surface area contributed by atoms with Crippen LogP contribution in [0.25, 0.3) is 11.0 Å². The third-order valence-electron chi connectivity index (χ3n) is 5.90. The molecule has 3 heterocycles.